The molecule has 236 valence electrons. The van der Waals surface area contributed by atoms with Gasteiger partial charge in [0.05, 0.1) is 13.2 Å². The van der Waals surface area contributed by atoms with E-state index in [0.717, 1.165) is 40.8 Å². The number of carbonyl (C=O) groups is 1. The largest absolute Gasteiger partial charge is 0.507 e. The Hall–Kier alpha value is -2.57. The number of nitrogens with one attached hydrogen (secondary N) is 1. The maximum atomic E-state index is 13.0. The highest BCUT2D eigenvalue weighted by Gasteiger charge is 2.26. The van der Waals surface area contributed by atoms with Crippen molar-refractivity contribution >= 4 is 11.6 Å². The zero-order valence-corrected chi connectivity index (χ0v) is 27.7. The smallest absolute Gasteiger partial charge is 0.224 e. The standard InChI is InChI=1S/C36H58N2O4/c1-9-11-12-13-14-15-16-17-22-42-32-20-19-29(25-28(32)26-38(41)10-2)37-33(39)21-18-27-23-30(35(3,4)5)34(40)31(24-27)36(6,7)8/h19-20,23-25,40-41H,9-18,21-22,26H2,1-8H3,(H,37,39). The second kappa shape index (κ2) is 16.9. The molecule has 2 aromatic carbocycles. The van der Waals surface area contributed by atoms with Gasteiger partial charge in [-0.05, 0) is 58.6 Å². The SMILES string of the molecule is CCCCCCCCCCOc1ccc(NC(=O)CCc2cc(C(C)(C)C)c(O)c(C(C)(C)C)c2)cc1CN(O)CC. The van der Waals surface area contributed by atoms with Gasteiger partial charge in [-0.3, -0.25) is 4.79 Å². The molecule has 0 unspecified atom stereocenters. The van der Waals surface area contributed by atoms with Gasteiger partial charge < -0.3 is 20.4 Å². The van der Waals surface area contributed by atoms with Gasteiger partial charge in [0.1, 0.15) is 11.5 Å². The first-order valence-electron chi connectivity index (χ1n) is 16.1. The van der Waals surface area contributed by atoms with E-state index in [1.807, 2.05) is 37.3 Å². The molecule has 0 heterocycles. The zero-order chi connectivity index (χ0) is 31.3. The van der Waals surface area contributed by atoms with Crippen LogP contribution in [-0.2, 0) is 28.6 Å². The zero-order valence-electron chi connectivity index (χ0n) is 27.7. The number of unbranched alkanes of at least 4 members (excludes halogenated alkanes) is 7. The van der Waals surface area contributed by atoms with Gasteiger partial charge in [-0.1, -0.05) is 112 Å². The summed E-state index contributed by atoms with van der Waals surface area (Å²) in [5, 5.41) is 25.5. The van der Waals surface area contributed by atoms with E-state index in [0.29, 0.717) is 44.0 Å². The Morgan fingerprint density at radius 2 is 1.43 bits per heavy atom. The van der Waals surface area contributed by atoms with Gasteiger partial charge in [0, 0.05) is 24.2 Å². The number of phenolic OH excluding ortho intramolecular Hbond substituents is 1. The summed E-state index contributed by atoms with van der Waals surface area (Å²) >= 11 is 0. The molecule has 2 aromatic rings. The number of ether oxygens (including phenoxy) is 1. The lowest BCUT2D eigenvalue weighted by atomic mass is 9.78. The molecule has 0 spiro atoms. The number of carbonyl (C=O) groups excluding carboxylic acids is 1. The number of aryl methyl sites for hydroxylation is 1. The Bertz CT molecular complexity index is 1080. The molecule has 0 aliphatic rings. The van der Waals surface area contributed by atoms with Gasteiger partial charge >= 0.3 is 0 Å². The van der Waals surface area contributed by atoms with Crippen LogP contribution < -0.4 is 10.1 Å². The first kappa shape index (κ1) is 35.6. The topological polar surface area (TPSA) is 82.0 Å². The third kappa shape index (κ3) is 12.0. The molecule has 0 saturated carbocycles. The molecule has 0 saturated heterocycles. The Morgan fingerprint density at radius 1 is 0.857 bits per heavy atom. The fraction of sp³-hybridized carbons (Fsp3) is 0.639. The summed E-state index contributed by atoms with van der Waals surface area (Å²) in [6.45, 7) is 18.2. The number of hydrogen-bond acceptors (Lipinski definition) is 5. The van der Waals surface area contributed by atoms with E-state index in [2.05, 4.69) is 53.8 Å². The van der Waals surface area contributed by atoms with E-state index in [9.17, 15) is 15.1 Å². The van der Waals surface area contributed by atoms with Crippen molar-refractivity contribution in [3.05, 3.63) is 52.6 Å². The molecule has 1 amide bonds. The van der Waals surface area contributed by atoms with E-state index in [-0.39, 0.29) is 16.7 Å². The van der Waals surface area contributed by atoms with Gasteiger partial charge in [0.2, 0.25) is 5.91 Å². The predicted molar refractivity (Wildman–Crippen MR) is 175 cm³/mol. The summed E-state index contributed by atoms with van der Waals surface area (Å²) < 4.78 is 6.11. The van der Waals surface area contributed by atoms with Crippen molar-refractivity contribution in [1.82, 2.24) is 5.06 Å². The van der Waals surface area contributed by atoms with Crippen LogP contribution in [0.5, 0.6) is 11.5 Å². The monoisotopic (exact) mass is 582 g/mol. The summed E-state index contributed by atoms with van der Waals surface area (Å²) in [6.07, 6.45) is 10.9. The van der Waals surface area contributed by atoms with E-state index >= 15 is 0 Å². The van der Waals surface area contributed by atoms with E-state index in [4.69, 9.17) is 4.74 Å². The molecule has 0 aliphatic heterocycles. The lowest BCUT2D eigenvalue weighted by Crippen LogP contribution is -2.19. The highest BCUT2D eigenvalue weighted by Crippen LogP contribution is 2.40. The maximum Gasteiger partial charge on any atom is 0.224 e. The van der Waals surface area contributed by atoms with E-state index in [1.54, 1.807) is 0 Å². The minimum absolute atomic E-state index is 0.0763. The minimum Gasteiger partial charge on any atom is -0.507 e. The molecule has 3 N–H and O–H groups in total. The minimum atomic E-state index is -0.212. The molecule has 0 radical (unpaired) electrons. The first-order chi connectivity index (χ1) is 19.8. The molecule has 2 rings (SSSR count). The van der Waals surface area contributed by atoms with Gasteiger partial charge in [-0.2, -0.15) is 5.06 Å². The summed E-state index contributed by atoms with van der Waals surface area (Å²) in [5.41, 5.74) is 3.97. The molecule has 6 nitrogen and oxygen atoms in total. The quantitative estimate of drug-likeness (QED) is 0.128. The number of hydroxylamine groups is 2. The molecule has 6 heteroatoms. The highest BCUT2D eigenvalue weighted by atomic mass is 16.5. The van der Waals surface area contributed by atoms with Crippen molar-refractivity contribution < 1.29 is 19.8 Å². The van der Waals surface area contributed by atoms with Crippen LogP contribution in [0, 0.1) is 0 Å². The molecule has 0 bridgehead atoms. The van der Waals surface area contributed by atoms with E-state index < -0.39 is 0 Å². The fourth-order valence-electron chi connectivity index (χ4n) is 5.11. The van der Waals surface area contributed by atoms with E-state index in [1.165, 1.54) is 43.6 Å². The Kier molecular flexibility index (Phi) is 14.3. The van der Waals surface area contributed by atoms with Gasteiger partial charge in [-0.15, -0.1) is 0 Å². The van der Waals surface area contributed by atoms with Crippen LogP contribution in [0.3, 0.4) is 0 Å². The number of anilines is 1. The van der Waals surface area contributed by atoms with Gasteiger partial charge in [0.25, 0.3) is 0 Å². The van der Waals surface area contributed by atoms with Crippen LogP contribution in [0.1, 0.15) is 135 Å². The van der Waals surface area contributed by atoms with Crippen LogP contribution >= 0.6 is 0 Å². The van der Waals surface area contributed by atoms with Gasteiger partial charge in [-0.25, -0.2) is 0 Å². The van der Waals surface area contributed by atoms with Crippen LogP contribution in [0.4, 0.5) is 5.69 Å². The molecule has 0 aromatic heterocycles. The molecule has 42 heavy (non-hydrogen) atoms. The van der Waals surface area contributed by atoms with Crippen molar-refractivity contribution in [2.45, 2.75) is 137 Å². The highest BCUT2D eigenvalue weighted by molar-refractivity contribution is 5.91. The second-order valence-corrected chi connectivity index (χ2v) is 13.7. The normalized spacial score (nSPS) is 12.1. The third-order valence-corrected chi connectivity index (χ3v) is 7.74. The lowest BCUT2D eigenvalue weighted by Gasteiger charge is -2.28. The second-order valence-electron chi connectivity index (χ2n) is 13.7. The van der Waals surface area contributed by atoms with Crippen molar-refractivity contribution in [2.24, 2.45) is 0 Å². The number of aromatic hydroxyl groups is 1. The Morgan fingerprint density at radius 3 is 1.98 bits per heavy atom. The van der Waals surface area contributed by atoms with Crippen molar-refractivity contribution in [2.75, 3.05) is 18.5 Å². The van der Waals surface area contributed by atoms with Crippen molar-refractivity contribution in [1.29, 1.82) is 0 Å². The summed E-state index contributed by atoms with van der Waals surface area (Å²) in [7, 11) is 0. The molecule has 0 aliphatic carbocycles. The fourth-order valence-corrected chi connectivity index (χ4v) is 5.11. The van der Waals surface area contributed by atoms with Crippen LogP contribution in [0.2, 0.25) is 0 Å². The number of hydrogen-bond donors (Lipinski definition) is 3. The number of nitrogens with zero attached hydrogens (tertiary/aromatic N) is 1. The molecular weight excluding hydrogens is 524 g/mol. The predicted octanol–water partition coefficient (Wildman–Crippen LogP) is 9.29. The molecular formula is C36H58N2O4. The third-order valence-electron chi connectivity index (χ3n) is 7.74. The van der Waals surface area contributed by atoms with Crippen LogP contribution in [-0.4, -0.2) is 34.4 Å². The molecule has 0 fully saturated rings. The first-order valence-corrected chi connectivity index (χ1v) is 16.1. The number of amides is 1. The average molecular weight is 583 g/mol. The number of benzene rings is 2. The Labute approximate surface area is 255 Å². The number of rotatable bonds is 17. The van der Waals surface area contributed by atoms with Crippen LogP contribution in [0.15, 0.2) is 30.3 Å². The summed E-state index contributed by atoms with van der Waals surface area (Å²) in [5.74, 6) is 1.02. The Balaban J connectivity index is 2.03. The summed E-state index contributed by atoms with van der Waals surface area (Å²) in [6, 6.07) is 9.73. The molecule has 0 atom stereocenters. The van der Waals surface area contributed by atoms with Crippen molar-refractivity contribution in [3.63, 3.8) is 0 Å². The van der Waals surface area contributed by atoms with Crippen molar-refractivity contribution in [3.8, 4) is 11.5 Å². The maximum absolute atomic E-state index is 13.0. The average Bonchev–Trinajstić information content (AvgIpc) is 2.91. The van der Waals surface area contributed by atoms with Gasteiger partial charge in [0.15, 0.2) is 0 Å². The lowest BCUT2D eigenvalue weighted by molar-refractivity contribution is -0.116. The van der Waals surface area contributed by atoms with Crippen LogP contribution in [0.25, 0.3) is 0 Å². The number of phenols is 1. The summed E-state index contributed by atoms with van der Waals surface area (Å²) in [4.78, 5) is 13.0.